The molecule has 0 saturated carbocycles. The summed E-state index contributed by atoms with van der Waals surface area (Å²) in [7, 11) is 0. The lowest BCUT2D eigenvalue weighted by Crippen LogP contribution is -2.31. The number of nitrogens with zero attached hydrogens (tertiary/aromatic N) is 2. The number of hydrogen-bond acceptors (Lipinski definition) is 4. The van der Waals surface area contributed by atoms with Gasteiger partial charge in [-0.25, -0.2) is 4.79 Å². The molecule has 1 aromatic heterocycles. The number of aromatic nitrogens is 2. The van der Waals surface area contributed by atoms with Gasteiger partial charge in [0.25, 0.3) is 0 Å². The van der Waals surface area contributed by atoms with Crippen LogP contribution in [-0.4, -0.2) is 39.3 Å². The van der Waals surface area contributed by atoms with Gasteiger partial charge in [0.15, 0.2) is 0 Å². The zero-order chi connectivity index (χ0) is 14.7. The second-order valence-corrected chi connectivity index (χ2v) is 5.18. The molecule has 21 heavy (non-hydrogen) atoms. The van der Waals surface area contributed by atoms with Crippen LogP contribution in [0.1, 0.15) is 11.1 Å². The third-order valence-corrected chi connectivity index (χ3v) is 3.75. The normalized spacial score (nSPS) is 15.3. The van der Waals surface area contributed by atoms with Crippen molar-refractivity contribution in [1.29, 1.82) is 0 Å². The average molecular weight is 289 g/mol. The van der Waals surface area contributed by atoms with Gasteiger partial charge in [0.05, 0.1) is 6.61 Å². The highest BCUT2D eigenvalue weighted by atomic mass is 16.5. The summed E-state index contributed by atoms with van der Waals surface area (Å²) in [6.07, 6.45) is 3.41. The quantitative estimate of drug-likeness (QED) is 0.863. The summed E-state index contributed by atoms with van der Waals surface area (Å²) in [5.74, 6) is 0.883. The fraction of sp³-hybridized carbons (Fsp3) is 0.400. The van der Waals surface area contributed by atoms with Crippen LogP contribution in [0.25, 0.3) is 0 Å². The van der Waals surface area contributed by atoms with E-state index in [2.05, 4.69) is 9.88 Å². The monoisotopic (exact) mass is 289 g/mol. The van der Waals surface area contributed by atoms with Crippen molar-refractivity contribution < 1.29 is 9.84 Å². The van der Waals surface area contributed by atoms with Gasteiger partial charge in [-0.1, -0.05) is 6.07 Å². The second kappa shape index (κ2) is 6.15. The molecule has 6 nitrogen and oxygen atoms in total. The Kier molecular flexibility index (Phi) is 4.08. The molecule has 2 aromatic rings. The number of ether oxygens (including phenoxy) is 1. The number of fused-ring (bicyclic) bond motifs is 1. The molecule has 1 aliphatic heterocycles. The number of H-pyrrole nitrogens is 1. The molecule has 0 aliphatic carbocycles. The van der Waals surface area contributed by atoms with E-state index < -0.39 is 0 Å². The van der Waals surface area contributed by atoms with Crippen LogP contribution in [0.5, 0.6) is 5.75 Å². The molecular formula is C15H19N3O3. The third-order valence-electron chi connectivity index (χ3n) is 3.75. The van der Waals surface area contributed by atoms with Crippen LogP contribution >= 0.6 is 0 Å². The predicted molar refractivity (Wildman–Crippen MR) is 78.2 cm³/mol. The van der Waals surface area contributed by atoms with Crippen molar-refractivity contribution >= 4 is 0 Å². The Labute approximate surface area is 122 Å². The van der Waals surface area contributed by atoms with Crippen LogP contribution in [0.2, 0.25) is 0 Å². The Morgan fingerprint density at radius 1 is 1.33 bits per heavy atom. The van der Waals surface area contributed by atoms with Gasteiger partial charge in [-0.2, -0.15) is 0 Å². The summed E-state index contributed by atoms with van der Waals surface area (Å²) in [5.41, 5.74) is 1.89. The minimum atomic E-state index is -0.0796. The molecular weight excluding hydrogens is 270 g/mol. The molecule has 2 heterocycles. The highest BCUT2D eigenvalue weighted by Gasteiger charge is 2.15. The van der Waals surface area contributed by atoms with E-state index >= 15 is 0 Å². The first-order valence-electron chi connectivity index (χ1n) is 7.08. The van der Waals surface area contributed by atoms with Crippen LogP contribution in [-0.2, 0) is 19.7 Å². The number of hydrogen-bond donors (Lipinski definition) is 2. The number of imidazole rings is 1. The molecule has 0 saturated heterocycles. The van der Waals surface area contributed by atoms with Crippen LogP contribution in [0.3, 0.4) is 0 Å². The Morgan fingerprint density at radius 2 is 2.24 bits per heavy atom. The van der Waals surface area contributed by atoms with Gasteiger partial charge in [-0.05, 0) is 17.7 Å². The molecule has 112 valence electrons. The molecule has 0 amide bonds. The Hall–Kier alpha value is -2.05. The zero-order valence-corrected chi connectivity index (χ0v) is 11.8. The molecule has 1 aliphatic rings. The van der Waals surface area contributed by atoms with Gasteiger partial charge in [0.2, 0.25) is 0 Å². The number of rotatable bonds is 4. The maximum absolute atomic E-state index is 11.5. The van der Waals surface area contributed by atoms with E-state index in [-0.39, 0.29) is 12.3 Å². The first-order chi connectivity index (χ1) is 10.3. The zero-order valence-electron chi connectivity index (χ0n) is 11.8. The largest absolute Gasteiger partial charge is 0.492 e. The fourth-order valence-electron chi connectivity index (χ4n) is 2.57. The molecule has 6 heteroatoms. The number of aliphatic hydroxyl groups is 1. The topological polar surface area (TPSA) is 70.5 Å². The lowest BCUT2D eigenvalue weighted by molar-refractivity contribution is 0.219. The molecule has 0 radical (unpaired) electrons. The standard InChI is InChI=1S/C15H19N3O3/c19-11-12-1-2-14-13(9-12)10-17(7-8-21-14)5-6-18-4-3-16-15(18)20/h1-4,9,19H,5-8,10-11H2,(H,16,20). The average Bonchev–Trinajstić information content (AvgIpc) is 2.80. The SMILES string of the molecule is O=c1[nH]ccn1CCN1CCOc2ccc(CO)cc2C1. The van der Waals surface area contributed by atoms with Crippen molar-refractivity contribution in [1.82, 2.24) is 14.5 Å². The lowest BCUT2D eigenvalue weighted by Gasteiger charge is -2.19. The molecule has 0 bridgehead atoms. The van der Waals surface area contributed by atoms with Crippen LogP contribution in [0, 0.1) is 0 Å². The van der Waals surface area contributed by atoms with E-state index in [9.17, 15) is 9.90 Å². The summed E-state index contributed by atoms with van der Waals surface area (Å²) >= 11 is 0. The molecule has 0 atom stereocenters. The van der Waals surface area contributed by atoms with Gasteiger partial charge in [-0.3, -0.25) is 9.47 Å². The van der Waals surface area contributed by atoms with E-state index in [0.29, 0.717) is 13.2 Å². The van der Waals surface area contributed by atoms with Gasteiger partial charge >= 0.3 is 5.69 Å². The fourth-order valence-corrected chi connectivity index (χ4v) is 2.57. The summed E-state index contributed by atoms with van der Waals surface area (Å²) in [6, 6.07) is 5.78. The molecule has 3 rings (SSSR count). The highest BCUT2D eigenvalue weighted by Crippen LogP contribution is 2.24. The van der Waals surface area contributed by atoms with Gasteiger partial charge in [-0.15, -0.1) is 0 Å². The first-order valence-corrected chi connectivity index (χ1v) is 7.08. The molecule has 2 N–H and O–H groups in total. The minimum Gasteiger partial charge on any atom is -0.492 e. The van der Waals surface area contributed by atoms with Gasteiger partial charge in [0, 0.05) is 44.1 Å². The number of benzene rings is 1. The second-order valence-electron chi connectivity index (χ2n) is 5.18. The molecule has 0 fully saturated rings. The predicted octanol–water partition coefficient (Wildman–Crippen LogP) is 0.563. The third kappa shape index (κ3) is 3.17. The number of nitrogens with one attached hydrogen (secondary N) is 1. The van der Waals surface area contributed by atoms with E-state index in [1.807, 2.05) is 18.2 Å². The molecule has 0 spiro atoms. The van der Waals surface area contributed by atoms with E-state index in [0.717, 1.165) is 36.5 Å². The number of aromatic amines is 1. The number of aliphatic hydroxyl groups excluding tert-OH is 1. The summed E-state index contributed by atoms with van der Waals surface area (Å²) in [5, 5.41) is 9.24. The Morgan fingerprint density at radius 3 is 3.00 bits per heavy atom. The first kappa shape index (κ1) is 13.9. The minimum absolute atomic E-state index is 0.0338. The van der Waals surface area contributed by atoms with E-state index in [1.165, 1.54) is 0 Å². The Bertz CT molecular complexity index is 662. The Balaban J connectivity index is 1.70. The lowest BCUT2D eigenvalue weighted by atomic mass is 10.1. The van der Waals surface area contributed by atoms with Crippen LogP contribution in [0.4, 0.5) is 0 Å². The summed E-state index contributed by atoms with van der Waals surface area (Å²) in [4.78, 5) is 16.4. The van der Waals surface area contributed by atoms with Crippen molar-refractivity contribution in [2.75, 3.05) is 19.7 Å². The van der Waals surface area contributed by atoms with Crippen LogP contribution in [0.15, 0.2) is 35.4 Å². The van der Waals surface area contributed by atoms with Crippen molar-refractivity contribution in [2.24, 2.45) is 0 Å². The smallest absolute Gasteiger partial charge is 0.325 e. The van der Waals surface area contributed by atoms with Crippen LogP contribution < -0.4 is 10.4 Å². The molecule has 1 aromatic carbocycles. The summed E-state index contributed by atoms with van der Waals surface area (Å²) in [6.45, 7) is 3.69. The van der Waals surface area contributed by atoms with Crippen molar-refractivity contribution in [2.45, 2.75) is 19.7 Å². The van der Waals surface area contributed by atoms with Gasteiger partial charge in [0.1, 0.15) is 12.4 Å². The van der Waals surface area contributed by atoms with Crippen molar-refractivity contribution in [3.05, 3.63) is 52.2 Å². The van der Waals surface area contributed by atoms with Crippen molar-refractivity contribution in [3.8, 4) is 5.75 Å². The maximum atomic E-state index is 11.5. The van der Waals surface area contributed by atoms with E-state index in [1.54, 1.807) is 17.0 Å². The highest BCUT2D eigenvalue weighted by molar-refractivity contribution is 5.37. The van der Waals surface area contributed by atoms with Crippen molar-refractivity contribution in [3.63, 3.8) is 0 Å². The van der Waals surface area contributed by atoms with E-state index in [4.69, 9.17) is 4.74 Å². The maximum Gasteiger partial charge on any atom is 0.325 e. The summed E-state index contributed by atoms with van der Waals surface area (Å²) < 4.78 is 7.40. The molecule has 0 unspecified atom stereocenters. The van der Waals surface area contributed by atoms with Gasteiger partial charge < -0.3 is 14.8 Å².